The molecule has 0 amide bonds. The van der Waals surface area contributed by atoms with Crippen molar-refractivity contribution >= 4 is 18.5 Å². The van der Waals surface area contributed by atoms with Gasteiger partial charge in [-0.15, -0.1) is 11.1 Å². The fraction of sp³-hybridized carbons (Fsp3) is 1.00. The predicted octanol–water partition coefficient (Wildman–Crippen LogP) is 4.75. The molecule has 0 aromatic rings. The van der Waals surface area contributed by atoms with Gasteiger partial charge < -0.3 is 0 Å². The molecule has 122 valence electrons. The van der Waals surface area contributed by atoms with Gasteiger partial charge in [-0.05, 0) is 0 Å². The Bertz CT molecular complexity index is 346. The molecule has 0 atom stereocenters. The average molecular weight is 371 g/mol. The van der Waals surface area contributed by atoms with E-state index in [0.717, 1.165) is 0 Å². The highest BCUT2D eigenvalue weighted by atomic mass is 35.6. The van der Waals surface area contributed by atoms with E-state index < -0.39 is 36.6 Å². The highest BCUT2D eigenvalue weighted by Gasteiger charge is 2.95. The van der Waals surface area contributed by atoms with Crippen molar-refractivity contribution in [1.82, 2.24) is 0 Å². The minimum atomic E-state index is -8.96. The zero-order valence-corrected chi connectivity index (χ0v) is 10.0. The summed E-state index contributed by atoms with van der Waals surface area (Å²) < 4.78 is 157. The van der Waals surface area contributed by atoms with Crippen LogP contribution in [0.4, 0.5) is 57.1 Å². The highest BCUT2D eigenvalue weighted by molar-refractivity contribution is 7.23. The quantitative estimate of drug-likeness (QED) is 0.374. The summed E-state index contributed by atoms with van der Waals surface area (Å²) in [6.07, 6.45) is -7.36. The Labute approximate surface area is 106 Å². The van der Waals surface area contributed by atoms with E-state index in [0.29, 0.717) is 0 Å². The van der Waals surface area contributed by atoms with Crippen LogP contribution in [0.2, 0.25) is 0 Å². The summed E-state index contributed by atoms with van der Waals surface area (Å²) in [5, 5.41) is 0. The number of halogens is 14. The van der Waals surface area contributed by atoms with E-state index in [-0.39, 0.29) is 0 Å². The van der Waals surface area contributed by atoms with Gasteiger partial charge in [-0.3, -0.25) is 0 Å². The van der Waals surface area contributed by atoms with E-state index in [1.165, 1.54) is 0 Å². The monoisotopic (exact) mass is 370 g/mol. The van der Waals surface area contributed by atoms with Gasteiger partial charge in [0.25, 0.3) is 0 Å². The first kappa shape index (κ1) is 19.6. The number of hydrogen-bond acceptors (Lipinski definition) is 0. The molecule has 15 heteroatoms. The zero-order valence-electron chi connectivity index (χ0n) is 8.29. The lowest BCUT2D eigenvalue weighted by Gasteiger charge is -2.39. The Balaban J connectivity index is 6.38. The second-order valence-electron chi connectivity index (χ2n) is 3.30. The third-order valence-electron chi connectivity index (χ3n) is 1.96. The molecule has 0 nitrogen and oxygen atoms in total. The first-order valence-electron chi connectivity index (χ1n) is 3.90. The molecule has 0 aliphatic heterocycles. The molecule has 0 bridgehead atoms. The van der Waals surface area contributed by atoms with Crippen LogP contribution in [0, 0.1) is 0 Å². The number of alkyl halides is 13. The number of rotatable bonds is 2. The van der Waals surface area contributed by atoms with Gasteiger partial charge in [0.15, 0.2) is 0 Å². The van der Waals surface area contributed by atoms with Crippen LogP contribution >= 0.6 is 11.1 Å². The first-order chi connectivity index (χ1) is 8.25. The number of hydrogen-bond donors (Lipinski definition) is 0. The Hall–Kier alpha value is -0.403. The van der Waals surface area contributed by atoms with E-state index >= 15 is 0 Å². The second kappa shape index (κ2) is 4.54. The van der Waals surface area contributed by atoms with Crippen LogP contribution in [0.5, 0.6) is 0 Å². The van der Waals surface area contributed by atoms with E-state index in [1.807, 2.05) is 0 Å². The third kappa shape index (κ3) is 2.44. The molecular formula is C5ClF13Si. The van der Waals surface area contributed by atoms with Crippen LogP contribution in [-0.4, -0.2) is 36.6 Å². The largest absolute Gasteiger partial charge is 0.479 e. The summed E-state index contributed by atoms with van der Waals surface area (Å²) in [5.41, 5.74) is -7.60. The zero-order chi connectivity index (χ0) is 17.0. The maximum absolute atomic E-state index is 12.8. The van der Waals surface area contributed by atoms with Crippen LogP contribution < -0.4 is 0 Å². The minimum Gasteiger partial charge on any atom is -0.202 e. The molecule has 0 saturated heterocycles. The lowest BCUT2D eigenvalue weighted by molar-refractivity contribution is -0.340. The fourth-order valence-corrected chi connectivity index (χ4v) is 2.87. The maximum atomic E-state index is 12.8. The summed E-state index contributed by atoms with van der Waals surface area (Å²) in [4.78, 5) is 0. The molecule has 0 spiro atoms. The molecular weight excluding hydrogens is 371 g/mol. The smallest absolute Gasteiger partial charge is 0.202 e. The Kier molecular flexibility index (Phi) is 4.45. The van der Waals surface area contributed by atoms with Gasteiger partial charge in [0.05, 0.1) is 0 Å². The second-order valence-corrected chi connectivity index (χ2v) is 8.08. The van der Waals surface area contributed by atoms with Gasteiger partial charge in [0.1, 0.15) is 0 Å². The van der Waals surface area contributed by atoms with Gasteiger partial charge in [-0.25, -0.2) is 8.78 Å². The van der Waals surface area contributed by atoms with Crippen LogP contribution in [0.1, 0.15) is 0 Å². The van der Waals surface area contributed by atoms with Crippen molar-refractivity contribution in [3.8, 4) is 0 Å². The topological polar surface area (TPSA) is 0 Å². The molecule has 0 radical (unpaired) electrons. The molecule has 0 aliphatic carbocycles. The SMILES string of the molecule is FC(F)(F)C(F)(F)C(F)(F)[Si](Cl)(C(F)(F)F)C(F)(F)F. The van der Waals surface area contributed by atoms with Crippen LogP contribution in [-0.2, 0) is 0 Å². The van der Waals surface area contributed by atoms with Crippen molar-refractivity contribution in [2.24, 2.45) is 0 Å². The molecule has 20 heavy (non-hydrogen) atoms. The van der Waals surface area contributed by atoms with Gasteiger partial charge >= 0.3 is 36.6 Å². The van der Waals surface area contributed by atoms with Gasteiger partial charge in [-0.2, -0.15) is 48.3 Å². The average Bonchev–Trinajstić information content (AvgIpc) is 2.10. The van der Waals surface area contributed by atoms with Crippen molar-refractivity contribution in [2.45, 2.75) is 29.2 Å². The Morgan fingerprint density at radius 3 is 0.950 bits per heavy atom. The molecule has 0 fully saturated rings. The van der Waals surface area contributed by atoms with Gasteiger partial charge in [0.2, 0.25) is 0 Å². The van der Waals surface area contributed by atoms with E-state index in [9.17, 15) is 57.1 Å². The van der Waals surface area contributed by atoms with Crippen molar-refractivity contribution in [1.29, 1.82) is 0 Å². The molecule has 0 rings (SSSR count). The molecule has 0 unspecified atom stereocenters. The first-order valence-corrected chi connectivity index (χ1v) is 6.91. The molecule has 0 aliphatic rings. The normalized spacial score (nSPS) is 16.5. The Morgan fingerprint density at radius 1 is 0.550 bits per heavy atom. The van der Waals surface area contributed by atoms with Crippen molar-refractivity contribution in [2.75, 3.05) is 0 Å². The van der Waals surface area contributed by atoms with E-state index in [2.05, 4.69) is 11.1 Å². The van der Waals surface area contributed by atoms with Crippen LogP contribution in [0.3, 0.4) is 0 Å². The van der Waals surface area contributed by atoms with E-state index in [4.69, 9.17) is 0 Å². The molecule has 0 aromatic carbocycles. The van der Waals surface area contributed by atoms with Crippen molar-refractivity contribution in [3.63, 3.8) is 0 Å². The molecule has 0 aromatic heterocycles. The fourth-order valence-electron chi connectivity index (χ4n) is 0.911. The summed E-state index contributed by atoms with van der Waals surface area (Å²) in [6.45, 7) is 0. The van der Waals surface area contributed by atoms with Crippen molar-refractivity contribution < 1.29 is 57.1 Å². The maximum Gasteiger partial charge on any atom is 0.479 e. The lowest BCUT2D eigenvalue weighted by atomic mass is 10.3. The van der Waals surface area contributed by atoms with Gasteiger partial charge in [0, 0.05) is 0 Å². The summed E-state index contributed by atoms with van der Waals surface area (Å²) in [5.74, 6) is -22.0. The van der Waals surface area contributed by atoms with Gasteiger partial charge in [-0.1, -0.05) is 0 Å². The predicted molar refractivity (Wildman–Crippen MR) is 39.7 cm³/mol. The summed E-state index contributed by atoms with van der Waals surface area (Å²) >= 11 is 3.63. The highest BCUT2D eigenvalue weighted by Crippen LogP contribution is 2.60. The minimum absolute atomic E-state index is 3.63. The summed E-state index contributed by atoms with van der Waals surface area (Å²) in [7, 11) is -8.96. The molecule has 0 heterocycles. The van der Waals surface area contributed by atoms with E-state index in [1.54, 1.807) is 0 Å². The van der Waals surface area contributed by atoms with Crippen LogP contribution in [0.15, 0.2) is 0 Å². The third-order valence-corrected chi connectivity index (χ3v) is 6.70. The summed E-state index contributed by atoms with van der Waals surface area (Å²) in [6, 6.07) is 0. The van der Waals surface area contributed by atoms with Crippen molar-refractivity contribution in [3.05, 3.63) is 0 Å². The Morgan fingerprint density at radius 2 is 0.800 bits per heavy atom. The standard InChI is InChI=1S/C5ClF13Si/c6-20(4(14,15)16,5(17,18)19)3(12,13)1(7,8)2(9,10)11. The molecule has 0 saturated carbocycles. The lowest BCUT2D eigenvalue weighted by Crippen LogP contribution is -2.76. The van der Waals surface area contributed by atoms with Crippen LogP contribution in [0.25, 0.3) is 0 Å². The molecule has 0 N–H and O–H groups in total.